The zero-order valence-corrected chi connectivity index (χ0v) is 14.3. The largest absolute Gasteiger partial charge is 0.326 e. The molecule has 126 valence electrons. The number of unbranched alkanes of at least 4 members (excludes halogenated alkanes) is 1. The number of carbonyl (C=O) groups excluding carboxylic acids is 1. The van der Waals surface area contributed by atoms with Crippen LogP contribution in [0.25, 0.3) is 0 Å². The van der Waals surface area contributed by atoms with Crippen LogP contribution in [0.3, 0.4) is 0 Å². The van der Waals surface area contributed by atoms with E-state index in [9.17, 15) is 13.2 Å². The summed E-state index contributed by atoms with van der Waals surface area (Å²) < 4.78 is 27.6. The Hall–Kier alpha value is -2.34. The summed E-state index contributed by atoms with van der Waals surface area (Å²) in [4.78, 5) is 11.5. The smallest absolute Gasteiger partial charge is 0.261 e. The van der Waals surface area contributed by atoms with Crippen LogP contribution in [0.4, 0.5) is 11.4 Å². The highest BCUT2D eigenvalue weighted by atomic mass is 32.2. The summed E-state index contributed by atoms with van der Waals surface area (Å²) in [7, 11) is -3.67. The Bertz CT molecular complexity index is 858. The number of carbonyl (C=O) groups is 1. The number of benzene rings is 2. The van der Waals surface area contributed by atoms with Gasteiger partial charge < -0.3 is 5.32 Å². The van der Waals surface area contributed by atoms with Crippen LogP contribution in [-0.2, 0) is 27.7 Å². The van der Waals surface area contributed by atoms with E-state index in [0.717, 1.165) is 19.3 Å². The van der Waals surface area contributed by atoms with Gasteiger partial charge in [0.2, 0.25) is 5.91 Å². The zero-order chi connectivity index (χ0) is 17.2. The van der Waals surface area contributed by atoms with Crippen molar-refractivity contribution < 1.29 is 13.2 Å². The van der Waals surface area contributed by atoms with Crippen LogP contribution in [0.2, 0.25) is 0 Å². The minimum atomic E-state index is -3.67. The first-order chi connectivity index (χ1) is 11.5. The first-order valence-corrected chi connectivity index (χ1v) is 9.51. The second-order valence-corrected chi connectivity index (χ2v) is 7.63. The van der Waals surface area contributed by atoms with Crippen molar-refractivity contribution in [3.05, 3.63) is 53.6 Å². The van der Waals surface area contributed by atoms with Gasteiger partial charge in [0.25, 0.3) is 10.0 Å². The number of nitrogens with one attached hydrogen (secondary N) is 2. The number of rotatable bonds is 6. The quantitative estimate of drug-likeness (QED) is 0.844. The van der Waals surface area contributed by atoms with E-state index < -0.39 is 10.0 Å². The van der Waals surface area contributed by atoms with Gasteiger partial charge in [-0.05, 0) is 54.3 Å². The van der Waals surface area contributed by atoms with Crippen molar-refractivity contribution in [1.82, 2.24) is 0 Å². The van der Waals surface area contributed by atoms with Gasteiger partial charge in [-0.2, -0.15) is 0 Å². The van der Waals surface area contributed by atoms with E-state index in [1.54, 1.807) is 24.3 Å². The van der Waals surface area contributed by atoms with Crippen molar-refractivity contribution in [1.29, 1.82) is 0 Å². The summed E-state index contributed by atoms with van der Waals surface area (Å²) in [6.07, 6.45) is 3.46. The number of aryl methyl sites for hydroxylation is 1. The van der Waals surface area contributed by atoms with Crippen molar-refractivity contribution in [2.45, 2.75) is 37.5 Å². The average Bonchev–Trinajstić information content (AvgIpc) is 2.93. The molecule has 5 nitrogen and oxygen atoms in total. The van der Waals surface area contributed by atoms with E-state index >= 15 is 0 Å². The number of amides is 1. The molecule has 0 saturated carbocycles. The molecule has 24 heavy (non-hydrogen) atoms. The van der Waals surface area contributed by atoms with E-state index in [1.807, 2.05) is 12.1 Å². The number of hydrogen-bond acceptors (Lipinski definition) is 3. The van der Waals surface area contributed by atoms with E-state index in [-0.39, 0.29) is 17.2 Å². The summed E-state index contributed by atoms with van der Waals surface area (Å²) in [5.74, 6) is -0.116. The van der Waals surface area contributed by atoms with Gasteiger partial charge in [0.15, 0.2) is 0 Å². The first kappa shape index (κ1) is 16.5. The highest BCUT2D eigenvalue weighted by molar-refractivity contribution is 7.92. The lowest BCUT2D eigenvalue weighted by atomic mass is 10.1. The van der Waals surface area contributed by atoms with Crippen LogP contribution in [-0.4, -0.2) is 14.3 Å². The third kappa shape index (κ3) is 3.59. The molecule has 0 aliphatic carbocycles. The van der Waals surface area contributed by atoms with Gasteiger partial charge in [-0.25, -0.2) is 8.42 Å². The number of anilines is 2. The maximum atomic E-state index is 12.5. The lowest BCUT2D eigenvalue weighted by Crippen LogP contribution is -2.13. The molecule has 0 unspecified atom stereocenters. The lowest BCUT2D eigenvalue weighted by molar-refractivity contribution is -0.115. The summed E-state index contributed by atoms with van der Waals surface area (Å²) in [6.45, 7) is 2.14. The molecule has 0 aromatic heterocycles. The Balaban J connectivity index is 1.77. The van der Waals surface area contributed by atoms with Crippen LogP contribution in [0.1, 0.15) is 30.9 Å². The topological polar surface area (TPSA) is 75.3 Å². The maximum absolute atomic E-state index is 12.5. The monoisotopic (exact) mass is 344 g/mol. The van der Waals surface area contributed by atoms with Crippen molar-refractivity contribution in [2.75, 3.05) is 10.0 Å². The molecule has 2 N–H and O–H groups in total. The molecule has 2 aromatic carbocycles. The summed E-state index contributed by atoms with van der Waals surface area (Å²) >= 11 is 0. The van der Waals surface area contributed by atoms with E-state index in [0.29, 0.717) is 16.9 Å². The second kappa shape index (κ2) is 6.65. The number of hydrogen-bond donors (Lipinski definition) is 2. The maximum Gasteiger partial charge on any atom is 0.261 e. The van der Waals surface area contributed by atoms with Gasteiger partial charge in [0.1, 0.15) is 0 Å². The Labute approximate surface area is 142 Å². The molecule has 3 rings (SSSR count). The molecule has 0 spiro atoms. The van der Waals surface area contributed by atoms with Gasteiger partial charge in [-0.1, -0.05) is 25.5 Å². The fraction of sp³-hybridized carbons (Fsp3) is 0.278. The van der Waals surface area contributed by atoms with Gasteiger partial charge in [0.05, 0.1) is 11.3 Å². The molecule has 0 atom stereocenters. The summed E-state index contributed by atoms with van der Waals surface area (Å²) in [6, 6.07) is 12.1. The predicted octanol–water partition coefficient (Wildman–Crippen LogP) is 3.32. The molecule has 1 aliphatic heterocycles. The fourth-order valence-electron chi connectivity index (χ4n) is 2.71. The standard InChI is InChI=1S/C18H20N2O3S/c1-2-3-4-13-5-7-15(8-6-13)20-24(22,23)16-9-10-17-14(11-16)12-18(21)19-17/h5-11,20H,2-4,12H2,1H3,(H,19,21). The van der Waals surface area contributed by atoms with Gasteiger partial charge >= 0.3 is 0 Å². The predicted molar refractivity (Wildman–Crippen MR) is 94.6 cm³/mol. The average molecular weight is 344 g/mol. The molecule has 6 heteroatoms. The Morgan fingerprint density at radius 3 is 2.58 bits per heavy atom. The third-order valence-electron chi connectivity index (χ3n) is 4.04. The van der Waals surface area contributed by atoms with Crippen molar-refractivity contribution in [2.24, 2.45) is 0 Å². The fourth-order valence-corrected chi connectivity index (χ4v) is 3.82. The first-order valence-electron chi connectivity index (χ1n) is 8.02. The van der Waals surface area contributed by atoms with Crippen LogP contribution in [0.15, 0.2) is 47.4 Å². The molecule has 1 amide bonds. The molecule has 1 aliphatic rings. The van der Waals surface area contributed by atoms with Crippen molar-refractivity contribution >= 4 is 27.3 Å². The second-order valence-electron chi connectivity index (χ2n) is 5.95. The van der Waals surface area contributed by atoms with Crippen LogP contribution < -0.4 is 10.0 Å². The third-order valence-corrected chi connectivity index (χ3v) is 5.42. The van der Waals surface area contributed by atoms with Gasteiger partial charge in [-0.3, -0.25) is 9.52 Å². The van der Waals surface area contributed by atoms with Crippen molar-refractivity contribution in [3.63, 3.8) is 0 Å². The molecular weight excluding hydrogens is 324 g/mol. The highest BCUT2D eigenvalue weighted by Gasteiger charge is 2.21. The minimum Gasteiger partial charge on any atom is -0.326 e. The zero-order valence-electron chi connectivity index (χ0n) is 13.5. The van der Waals surface area contributed by atoms with Gasteiger partial charge in [0, 0.05) is 11.4 Å². The number of fused-ring (bicyclic) bond motifs is 1. The molecule has 0 radical (unpaired) electrons. The van der Waals surface area contributed by atoms with Crippen LogP contribution in [0, 0.1) is 0 Å². The lowest BCUT2D eigenvalue weighted by Gasteiger charge is -2.10. The summed E-state index contributed by atoms with van der Waals surface area (Å²) in [5.41, 5.74) is 3.11. The Morgan fingerprint density at radius 1 is 1.12 bits per heavy atom. The van der Waals surface area contributed by atoms with Crippen LogP contribution >= 0.6 is 0 Å². The minimum absolute atomic E-state index is 0.116. The molecule has 0 saturated heterocycles. The van der Waals surface area contributed by atoms with Gasteiger partial charge in [-0.15, -0.1) is 0 Å². The molecular formula is C18H20N2O3S. The Kier molecular flexibility index (Phi) is 4.57. The number of sulfonamides is 1. The van der Waals surface area contributed by atoms with E-state index in [1.165, 1.54) is 11.6 Å². The van der Waals surface area contributed by atoms with E-state index in [2.05, 4.69) is 17.0 Å². The van der Waals surface area contributed by atoms with Crippen molar-refractivity contribution in [3.8, 4) is 0 Å². The molecule has 1 heterocycles. The highest BCUT2D eigenvalue weighted by Crippen LogP contribution is 2.26. The molecule has 0 bridgehead atoms. The molecule has 2 aromatic rings. The normalized spacial score (nSPS) is 13.5. The van der Waals surface area contributed by atoms with Crippen LogP contribution in [0.5, 0.6) is 0 Å². The SMILES string of the molecule is CCCCc1ccc(NS(=O)(=O)c2ccc3c(c2)CC(=O)N3)cc1. The molecule has 0 fully saturated rings. The Morgan fingerprint density at radius 2 is 1.88 bits per heavy atom. The van der Waals surface area contributed by atoms with E-state index in [4.69, 9.17) is 0 Å². The summed E-state index contributed by atoms with van der Waals surface area (Å²) in [5, 5.41) is 2.69.